The van der Waals surface area contributed by atoms with Crippen LogP contribution in [0.2, 0.25) is 1.41 Å². The Bertz CT molecular complexity index is 151. The molecular weight excluding hydrogens is 128 g/mol. The van der Waals surface area contributed by atoms with Gasteiger partial charge >= 0.3 is 6.03 Å². The first-order chi connectivity index (χ1) is 5.24. The molecule has 1 atom stereocenters. The molecule has 58 valence electrons. The van der Waals surface area contributed by atoms with Gasteiger partial charge in [0, 0.05) is 12.6 Å². The van der Waals surface area contributed by atoms with Crippen LogP contribution in [0, 0.1) is 0 Å². The van der Waals surface area contributed by atoms with Crippen molar-refractivity contribution in [3.63, 3.8) is 0 Å². The monoisotopic (exact) mass is 143 g/mol. The van der Waals surface area contributed by atoms with E-state index in [1.807, 2.05) is 0 Å². The summed E-state index contributed by atoms with van der Waals surface area (Å²) in [5, 5.41) is 3.72. The zero-order valence-corrected chi connectivity index (χ0v) is 6.26. The van der Waals surface area contributed by atoms with E-state index in [0.29, 0.717) is 6.54 Å². The maximum Gasteiger partial charge on any atom is 0.315 e. The minimum Gasteiger partial charge on any atom is -0.336 e. The Morgan fingerprint density at radius 2 is 2.70 bits per heavy atom. The highest BCUT2D eigenvalue weighted by Gasteiger charge is 2.18. The summed E-state index contributed by atoms with van der Waals surface area (Å²) < 4.78 is 7.13. The minimum atomic E-state index is -0.258. The van der Waals surface area contributed by atoms with E-state index in [2.05, 4.69) is 12.2 Å². The van der Waals surface area contributed by atoms with Crippen molar-refractivity contribution in [2.45, 2.75) is 32.2 Å². The number of hydrogen-bond acceptors (Lipinski definition) is 1. The van der Waals surface area contributed by atoms with Gasteiger partial charge in [0.15, 0.2) is 1.41 Å². The molecule has 1 rings (SSSR count). The molecule has 1 aliphatic rings. The molecule has 1 fully saturated rings. The van der Waals surface area contributed by atoms with Gasteiger partial charge in [-0.1, -0.05) is 19.8 Å². The Labute approximate surface area is 62.6 Å². The van der Waals surface area contributed by atoms with E-state index >= 15 is 0 Å². The molecule has 3 heteroatoms. The van der Waals surface area contributed by atoms with Crippen molar-refractivity contribution in [2.24, 2.45) is 0 Å². The molecule has 0 spiro atoms. The van der Waals surface area contributed by atoms with Crippen LogP contribution < -0.4 is 10.6 Å². The van der Waals surface area contributed by atoms with Crippen LogP contribution in [0.4, 0.5) is 4.79 Å². The molecule has 0 radical (unpaired) electrons. The van der Waals surface area contributed by atoms with E-state index in [1.54, 1.807) is 0 Å². The number of unbranched alkanes of at least 4 members (excludes halogenated alkanes) is 1. The Kier molecular flexibility index (Phi) is 2.07. The third-order valence-electron chi connectivity index (χ3n) is 1.69. The highest BCUT2D eigenvalue weighted by molar-refractivity contribution is 5.76. The average molecular weight is 143 g/mol. The molecule has 0 bridgehead atoms. The zero-order chi connectivity index (χ0) is 8.27. The summed E-state index contributed by atoms with van der Waals surface area (Å²) >= 11 is 0. The van der Waals surface area contributed by atoms with Gasteiger partial charge in [0.2, 0.25) is 0 Å². The maximum atomic E-state index is 10.8. The number of nitrogens with one attached hydrogen (secondary N) is 2. The molecule has 0 aliphatic carbocycles. The second kappa shape index (κ2) is 3.44. The van der Waals surface area contributed by atoms with Gasteiger partial charge in [0.25, 0.3) is 0 Å². The van der Waals surface area contributed by atoms with E-state index < -0.39 is 0 Å². The molecule has 0 aromatic heterocycles. The summed E-state index contributed by atoms with van der Waals surface area (Å²) in [4.78, 5) is 10.8. The lowest BCUT2D eigenvalue weighted by atomic mass is 10.1. The van der Waals surface area contributed by atoms with Gasteiger partial charge in [-0.2, -0.15) is 0 Å². The highest BCUT2D eigenvalue weighted by atomic mass is 16.2. The zero-order valence-electron chi connectivity index (χ0n) is 7.26. The van der Waals surface area contributed by atoms with Crippen LogP contribution >= 0.6 is 0 Å². The molecule has 2 amide bonds. The molecule has 0 saturated carbocycles. The first kappa shape index (κ1) is 6.01. The van der Waals surface area contributed by atoms with Crippen LogP contribution in [0.5, 0.6) is 0 Å². The van der Waals surface area contributed by atoms with Crippen molar-refractivity contribution in [3.05, 3.63) is 0 Å². The van der Waals surface area contributed by atoms with Crippen LogP contribution in [0.25, 0.3) is 0 Å². The molecular formula is C7H14N2O. The number of hydrogen-bond donors (Lipinski definition) is 2. The van der Waals surface area contributed by atoms with E-state index in [9.17, 15) is 4.79 Å². The largest absolute Gasteiger partial charge is 0.336 e. The summed E-state index contributed by atoms with van der Waals surface area (Å²) in [6.45, 7) is 2.66. The third kappa shape index (κ3) is 1.90. The van der Waals surface area contributed by atoms with Crippen LogP contribution in [0.3, 0.4) is 0 Å². The third-order valence-corrected chi connectivity index (χ3v) is 1.69. The van der Waals surface area contributed by atoms with Crippen LogP contribution in [0.1, 0.15) is 26.2 Å². The number of carbonyl (C=O) groups is 1. The first-order valence-electron chi connectivity index (χ1n) is 4.25. The predicted molar refractivity (Wildman–Crippen MR) is 39.8 cm³/mol. The second-order valence-electron chi connectivity index (χ2n) is 2.63. The Morgan fingerprint density at radius 3 is 3.20 bits per heavy atom. The van der Waals surface area contributed by atoms with Gasteiger partial charge in [0.05, 0.1) is 0 Å². The van der Waals surface area contributed by atoms with Crippen molar-refractivity contribution >= 4 is 6.03 Å². The molecule has 1 saturated heterocycles. The second-order valence-corrected chi connectivity index (χ2v) is 2.63. The van der Waals surface area contributed by atoms with Gasteiger partial charge in [-0.05, 0) is 6.42 Å². The maximum absolute atomic E-state index is 10.8. The van der Waals surface area contributed by atoms with Gasteiger partial charge in [-0.15, -0.1) is 0 Å². The van der Waals surface area contributed by atoms with Crippen molar-refractivity contribution < 1.29 is 6.21 Å². The smallest absolute Gasteiger partial charge is 0.315 e. The highest BCUT2D eigenvalue weighted by Crippen LogP contribution is 2.02. The van der Waals surface area contributed by atoms with Crippen LogP contribution in [-0.2, 0) is 0 Å². The van der Waals surface area contributed by atoms with Gasteiger partial charge in [-0.3, -0.25) is 0 Å². The molecule has 0 aromatic carbocycles. The average Bonchev–Trinajstić information content (AvgIpc) is 2.28. The Balaban J connectivity index is 2.24. The SMILES string of the molecule is [2H]N1CC(CCCC)NC1=O. The van der Waals surface area contributed by atoms with Gasteiger partial charge < -0.3 is 10.6 Å². The quantitative estimate of drug-likeness (QED) is 0.604. The number of carbonyl (C=O) groups excluding carboxylic acids is 1. The molecule has 0 aromatic rings. The fraction of sp³-hybridized carbons (Fsp3) is 0.857. The molecule has 1 aliphatic heterocycles. The van der Waals surface area contributed by atoms with Crippen LogP contribution in [-0.4, -0.2) is 18.6 Å². The number of amides is 2. The topological polar surface area (TPSA) is 41.1 Å². The molecule has 1 unspecified atom stereocenters. The van der Waals surface area contributed by atoms with E-state index in [4.69, 9.17) is 1.41 Å². The summed E-state index contributed by atoms with van der Waals surface area (Å²) in [6.07, 6.45) is 3.26. The standard InChI is InChI=1S/C7H14N2O/c1-2-3-4-6-5-8-7(10)9-6/h6H,2-5H2,1H3,(H2,8,9,10)/i/hD. The lowest BCUT2D eigenvalue weighted by molar-refractivity contribution is 0.247. The molecule has 2 N–H and O–H groups in total. The predicted octanol–water partition coefficient (Wildman–Crippen LogP) is 0.858. The van der Waals surface area contributed by atoms with E-state index in [-0.39, 0.29) is 12.1 Å². The fourth-order valence-corrected chi connectivity index (χ4v) is 1.07. The van der Waals surface area contributed by atoms with Crippen molar-refractivity contribution in [2.75, 3.05) is 6.54 Å². The normalized spacial score (nSPS) is 26.5. The minimum absolute atomic E-state index is 0.208. The van der Waals surface area contributed by atoms with Gasteiger partial charge in [-0.25, -0.2) is 4.79 Å². The van der Waals surface area contributed by atoms with E-state index in [0.717, 1.165) is 24.6 Å². The Morgan fingerprint density at radius 1 is 1.90 bits per heavy atom. The fourth-order valence-electron chi connectivity index (χ4n) is 1.07. The lowest BCUT2D eigenvalue weighted by Gasteiger charge is -2.05. The van der Waals surface area contributed by atoms with Crippen molar-refractivity contribution in [1.82, 2.24) is 10.6 Å². The summed E-state index contributed by atoms with van der Waals surface area (Å²) in [5.74, 6) is 0. The number of rotatable bonds is 3. The van der Waals surface area contributed by atoms with Crippen molar-refractivity contribution in [1.29, 1.82) is 0 Å². The van der Waals surface area contributed by atoms with Crippen LogP contribution in [0.15, 0.2) is 0 Å². The molecule has 10 heavy (non-hydrogen) atoms. The van der Waals surface area contributed by atoms with Gasteiger partial charge in [0.1, 0.15) is 0 Å². The lowest BCUT2D eigenvalue weighted by Crippen LogP contribution is -2.26. The summed E-state index contributed by atoms with van der Waals surface area (Å²) in [7, 11) is 0. The summed E-state index contributed by atoms with van der Waals surface area (Å²) in [5.41, 5.74) is 0. The molecule has 3 nitrogen and oxygen atoms in total. The number of urea groups is 1. The molecule has 1 heterocycles. The summed E-state index contributed by atoms with van der Waals surface area (Å²) in [6, 6.07) is -0.0500. The van der Waals surface area contributed by atoms with Crippen molar-refractivity contribution in [3.8, 4) is 0 Å². The first-order valence-corrected chi connectivity index (χ1v) is 3.81. The van der Waals surface area contributed by atoms with E-state index in [1.165, 1.54) is 0 Å². The Hall–Kier alpha value is -0.730.